The summed E-state index contributed by atoms with van der Waals surface area (Å²) in [5.41, 5.74) is 2.08. The number of carbonyl (C=O) groups excluding carboxylic acids is 1. The van der Waals surface area contributed by atoms with E-state index >= 15 is 0 Å². The Kier molecular flexibility index (Phi) is 4.81. The Labute approximate surface area is 157 Å². The third-order valence-corrected chi connectivity index (χ3v) is 5.59. The quantitative estimate of drug-likeness (QED) is 0.865. The smallest absolute Gasteiger partial charge is 0.303 e. The van der Waals surface area contributed by atoms with Gasteiger partial charge in [0.15, 0.2) is 0 Å². The predicted molar refractivity (Wildman–Crippen MR) is 99.2 cm³/mol. The summed E-state index contributed by atoms with van der Waals surface area (Å²) in [5.74, 6) is -0.684. The first-order valence-corrected chi connectivity index (χ1v) is 9.62. The molecular weight excluding hydrogens is 347 g/mol. The molecule has 1 aromatic carbocycles. The van der Waals surface area contributed by atoms with Crippen LogP contribution in [-0.4, -0.2) is 40.0 Å². The van der Waals surface area contributed by atoms with E-state index < -0.39 is 5.97 Å². The number of carbonyl (C=O) groups is 2. The van der Waals surface area contributed by atoms with Crippen molar-refractivity contribution in [1.29, 1.82) is 0 Å². The van der Waals surface area contributed by atoms with Gasteiger partial charge in [-0.05, 0) is 62.3 Å². The number of carboxylic acid groups (broad SMARTS) is 1. The first-order valence-electron chi connectivity index (χ1n) is 9.62. The molecule has 1 atom stereocenters. The number of rotatable bonds is 5. The van der Waals surface area contributed by atoms with E-state index in [1.165, 1.54) is 12.1 Å². The summed E-state index contributed by atoms with van der Waals surface area (Å²) in [6.45, 7) is 1.21. The maximum atomic E-state index is 13.8. The third kappa shape index (κ3) is 3.94. The average molecular weight is 370 g/mol. The molecule has 1 aromatic heterocycles. The highest BCUT2D eigenvalue weighted by Crippen LogP contribution is 2.40. The Morgan fingerprint density at radius 1 is 1.22 bits per heavy atom. The normalized spacial score (nSPS) is 20.0. The van der Waals surface area contributed by atoms with Crippen LogP contribution in [0.5, 0.6) is 0 Å². The molecule has 1 aliphatic heterocycles. The van der Waals surface area contributed by atoms with E-state index in [-0.39, 0.29) is 24.1 Å². The minimum Gasteiger partial charge on any atom is -0.481 e. The van der Waals surface area contributed by atoms with E-state index in [0.717, 1.165) is 31.4 Å². The van der Waals surface area contributed by atoms with Crippen LogP contribution in [0.15, 0.2) is 24.3 Å². The molecule has 142 valence electrons. The Bertz CT molecular complexity index is 894. The number of amides is 1. The molecule has 2 aromatic rings. The van der Waals surface area contributed by atoms with Crippen LogP contribution in [0.4, 0.5) is 4.39 Å². The topological polar surface area (TPSA) is 70.5 Å². The van der Waals surface area contributed by atoms with Crippen molar-refractivity contribution in [2.45, 2.75) is 44.4 Å². The number of hydrogen-bond acceptors (Lipinski definition) is 3. The lowest BCUT2D eigenvalue weighted by Crippen LogP contribution is -2.40. The standard InChI is InChI=1S/C21H23FN2O3/c22-15-6-7-18-16(10-15)17(11-19(23-18)14-4-5-14)21(27)24-9-1-2-13(12-24)3-8-20(25)26/h6-7,10-11,13-14H,1-5,8-9,12H2,(H,25,26). The first kappa shape index (κ1) is 17.9. The van der Waals surface area contributed by atoms with Gasteiger partial charge in [-0.1, -0.05) is 0 Å². The molecule has 0 radical (unpaired) electrons. The van der Waals surface area contributed by atoms with Gasteiger partial charge in [-0.2, -0.15) is 0 Å². The number of hydrogen-bond donors (Lipinski definition) is 1. The van der Waals surface area contributed by atoms with E-state index in [2.05, 4.69) is 4.98 Å². The number of aromatic nitrogens is 1. The highest BCUT2D eigenvalue weighted by atomic mass is 19.1. The second-order valence-corrected chi connectivity index (χ2v) is 7.72. The van der Waals surface area contributed by atoms with Crippen molar-refractivity contribution in [2.75, 3.05) is 13.1 Å². The molecule has 1 N–H and O–H groups in total. The average Bonchev–Trinajstić information content (AvgIpc) is 3.50. The van der Waals surface area contributed by atoms with Crippen molar-refractivity contribution in [1.82, 2.24) is 9.88 Å². The molecule has 1 saturated heterocycles. The summed E-state index contributed by atoms with van der Waals surface area (Å²) in [6, 6.07) is 6.24. The van der Waals surface area contributed by atoms with Crippen molar-refractivity contribution in [3.8, 4) is 0 Å². The Hall–Kier alpha value is -2.50. The second-order valence-electron chi connectivity index (χ2n) is 7.72. The van der Waals surface area contributed by atoms with Gasteiger partial charge >= 0.3 is 5.97 Å². The SMILES string of the molecule is O=C(O)CCC1CCCN(C(=O)c2cc(C3CC3)nc3ccc(F)cc23)C1. The number of pyridine rings is 1. The molecule has 0 bridgehead atoms. The molecule has 1 unspecified atom stereocenters. The summed E-state index contributed by atoms with van der Waals surface area (Å²) in [6.07, 6.45) is 4.67. The number of fused-ring (bicyclic) bond motifs is 1. The van der Waals surface area contributed by atoms with Gasteiger partial charge in [-0.3, -0.25) is 14.6 Å². The van der Waals surface area contributed by atoms with Crippen LogP contribution in [0.3, 0.4) is 0 Å². The van der Waals surface area contributed by atoms with E-state index in [1.807, 2.05) is 6.07 Å². The highest BCUT2D eigenvalue weighted by Gasteiger charge is 2.30. The van der Waals surface area contributed by atoms with Gasteiger partial charge in [0.05, 0.1) is 11.1 Å². The Morgan fingerprint density at radius 3 is 2.78 bits per heavy atom. The van der Waals surface area contributed by atoms with Crippen molar-refractivity contribution in [3.05, 3.63) is 41.3 Å². The minimum atomic E-state index is -0.803. The molecule has 5 nitrogen and oxygen atoms in total. The molecule has 27 heavy (non-hydrogen) atoms. The van der Waals surface area contributed by atoms with Gasteiger partial charge in [-0.15, -0.1) is 0 Å². The lowest BCUT2D eigenvalue weighted by atomic mass is 9.92. The van der Waals surface area contributed by atoms with Crippen molar-refractivity contribution >= 4 is 22.8 Å². The number of halogens is 1. The largest absolute Gasteiger partial charge is 0.481 e. The summed E-state index contributed by atoms with van der Waals surface area (Å²) >= 11 is 0. The zero-order chi connectivity index (χ0) is 19.0. The summed E-state index contributed by atoms with van der Waals surface area (Å²) in [4.78, 5) is 30.5. The molecule has 2 aliphatic rings. The van der Waals surface area contributed by atoms with E-state index in [0.29, 0.717) is 41.9 Å². The van der Waals surface area contributed by atoms with Crippen LogP contribution in [0.1, 0.15) is 60.5 Å². The molecule has 0 spiro atoms. The maximum absolute atomic E-state index is 13.8. The van der Waals surface area contributed by atoms with Crippen molar-refractivity contribution in [2.24, 2.45) is 5.92 Å². The van der Waals surface area contributed by atoms with Crippen LogP contribution in [0, 0.1) is 11.7 Å². The molecule has 2 heterocycles. The predicted octanol–water partition coefficient (Wildman–Crippen LogP) is 3.97. The number of benzene rings is 1. The zero-order valence-electron chi connectivity index (χ0n) is 15.2. The summed E-state index contributed by atoms with van der Waals surface area (Å²) < 4.78 is 13.8. The van der Waals surface area contributed by atoms with Gasteiger partial charge in [0, 0.05) is 36.5 Å². The van der Waals surface area contributed by atoms with Crippen LogP contribution < -0.4 is 0 Å². The fourth-order valence-corrected chi connectivity index (χ4v) is 3.97. The molecule has 1 aliphatic carbocycles. The van der Waals surface area contributed by atoms with Gasteiger partial charge in [0.1, 0.15) is 5.82 Å². The molecule has 4 rings (SSSR count). The number of nitrogens with zero attached hydrogens (tertiary/aromatic N) is 2. The van der Waals surface area contributed by atoms with Gasteiger partial charge in [0.25, 0.3) is 5.91 Å². The first-order chi connectivity index (χ1) is 13.0. The van der Waals surface area contributed by atoms with Gasteiger partial charge in [0.2, 0.25) is 0 Å². The number of carboxylic acids is 1. The van der Waals surface area contributed by atoms with E-state index in [9.17, 15) is 14.0 Å². The second kappa shape index (κ2) is 7.25. The van der Waals surface area contributed by atoms with Gasteiger partial charge in [-0.25, -0.2) is 4.39 Å². The fourth-order valence-electron chi connectivity index (χ4n) is 3.97. The third-order valence-electron chi connectivity index (χ3n) is 5.59. The molecule has 2 fully saturated rings. The maximum Gasteiger partial charge on any atom is 0.303 e. The molecule has 1 amide bonds. The summed E-state index contributed by atoms with van der Waals surface area (Å²) in [7, 11) is 0. The summed E-state index contributed by atoms with van der Waals surface area (Å²) in [5, 5.41) is 9.46. The lowest BCUT2D eigenvalue weighted by Gasteiger charge is -2.33. The van der Waals surface area contributed by atoms with Crippen LogP contribution in [0.2, 0.25) is 0 Å². The molecule has 6 heteroatoms. The van der Waals surface area contributed by atoms with Crippen molar-refractivity contribution in [3.63, 3.8) is 0 Å². The molecular formula is C21H23FN2O3. The molecule has 1 saturated carbocycles. The van der Waals surface area contributed by atoms with Gasteiger partial charge < -0.3 is 10.0 Å². The van der Waals surface area contributed by atoms with E-state index in [1.54, 1.807) is 11.0 Å². The Morgan fingerprint density at radius 2 is 2.04 bits per heavy atom. The number of aliphatic carboxylic acids is 1. The highest BCUT2D eigenvalue weighted by molar-refractivity contribution is 6.06. The van der Waals surface area contributed by atoms with Crippen molar-refractivity contribution < 1.29 is 19.1 Å². The van der Waals surface area contributed by atoms with Crippen LogP contribution in [0.25, 0.3) is 10.9 Å². The minimum absolute atomic E-state index is 0.102. The zero-order valence-corrected chi connectivity index (χ0v) is 15.2. The Balaban J connectivity index is 1.63. The monoisotopic (exact) mass is 370 g/mol. The van der Waals surface area contributed by atoms with E-state index in [4.69, 9.17) is 5.11 Å². The fraction of sp³-hybridized carbons (Fsp3) is 0.476. The van der Waals surface area contributed by atoms with Crippen LogP contribution in [-0.2, 0) is 4.79 Å². The van der Waals surface area contributed by atoms with Crippen LogP contribution >= 0.6 is 0 Å². The number of piperidine rings is 1. The lowest BCUT2D eigenvalue weighted by molar-refractivity contribution is -0.137. The number of likely N-dealkylation sites (tertiary alicyclic amines) is 1.